The highest BCUT2D eigenvalue weighted by atomic mass is 32.2. The quantitative estimate of drug-likeness (QED) is 0.251. The maximum atomic E-state index is 12.0. The fourth-order valence-electron chi connectivity index (χ4n) is 2.12. The highest BCUT2D eigenvalue weighted by molar-refractivity contribution is 7.99. The van der Waals surface area contributed by atoms with Crippen LogP contribution in [0.15, 0.2) is 64.9 Å². The van der Waals surface area contributed by atoms with Crippen LogP contribution in [0.3, 0.4) is 0 Å². The molecule has 9 heteroatoms. The number of hydrazone groups is 1. The highest BCUT2D eigenvalue weighted by Gasteiger charge is 2.12. The van der Waals surface area contributed by atoms with Crippen molar-refractivity contribution < 1.29 is 4.79 Å². The van der Waals surface area contributed by atoms with E-state index in [-0.39, 0.29) is 17.6 Å². The summed E-state index contributed by atoms with van der Waals surface area (Å²) in [6.07, 6.45) is 1.65. The van der Waals surface area contributed by atoms with Gasteiger partial charge < -0.3 is 11.2 Å². The fourth-order valence-corrected chi connectivity index (χ4v) is 2.78. The number of carbonyl (C=O) groups is 1. The molecule has 3 aromatic rings. The van der Waals surface area contributed by atoms with Gasteiger partial charge in [-0.1, -0.05) is 59.8 Å². The molecule has 0 fully saturated rings. The van der Waals surface area contributed by atoms with Crippen LogP contribution in [0.5, 0.6) is 0 Å². The van der Waals surface area contributed by atoms with E-state index in [9.17, 15) is 4.79 Å². The Morgan fingerprint density at radius 3 is 2.67 bits per heavy atom. The van der Waals surface area contributed by atoms with E-state index >= 15 is 0 Å². The maximum Gasteiger partial charge on any atom is 0.264 e. The number of rotatable bonds is 7. The van der Waals surface area contributed by atoms with Gasteiger partial charge in [0.05, 0.1) is 12.0 Å². The van der Waals surface area contributed by atoms with Crippen molar-refractivity contribution in [2.24, 2.45) is 5.10 Å². The average molecular weight is 381 g/mol. The van der Waals surface area contributed by atoms with Crippen LogP contribution in [-0.4, -0.2) is 32.7 Å². The normalized spacial score (nSPS) is 10.9. The Kier molecular flexibility index (Phi) is 6.06. The number of carbonyl (C=O) groups excluding carboxylic acids is 1. The topological polar surface area (TPSA) is 110 Å². The largest absolute Gasteiger partial charge is 0.334 e. The molecule has 0 aliphatic carbocycles. The van der Waals surface area contributed by atoms with Crippen molar-refractivity contribution in [1.29, 1.82) is 0 Å². The molecule has 3 rings (SSSR count). The lowest BCUT2D eigenvalue weighted by molar-refractivity contribution is -0.113. The lowest BCUT2D eigenvalue weighted by Gasteiger charge is -2.05. The Balaban J connectivity index is 1.51. The summed E-state index contributed by atoms with van der Waals surface area (Å²) in [5.74, 6) is 6.24. The molecule has 0 atom stereocenters. The minimum absolute atomic E-state index is 0.150. The minimum atomic E-state index is -0.150. The first-order valence-corrected chi connectivity index (χ1v) is 9.14. The van der Waals surface area contributed by atoms with E-state index in [0.717, 1.165) is 16.8 Å². The molecule has 2 aromatic carbocycles. The molecule has 4 N–H and O–H groups in total. The van der Waals surface area contributed by atoms with Gasteiger partial charge in [0.1, 0.15) is 0 Å². The monoisotopic (exact) mass is 381 g/mol. The summed E-state index contributed by atoms with van der Waals surface area (Å²) < 4.78 is 1.26. The van der Waals surface area contributed by atoms with Gasteiger partial charge in [-0.15, -0.1) is 10.2 Å². The van der Waals surface area contributed by atoms with Crippen molar-refractivity contribution in [3.05, 3.63) is 65.7 Å². The highest BCUT2D eigenvalue weighted by Crippen LogP contribution is 2.17. The smallest absolute Gasteiger partial charge is 0.264 e. The molecular weight excluding hydrogens is 362 g/mol. The zero-order valence-corrected chi connectivity index (χ0v) is 15.5. The molecule has 1 heterocycles. The first-order valence-electron chi connectivity index (χ1n) is 8.16. The zero-order chi connectivity index (χ0) is 19.1. The van der Waals surface area contributed by atoms with Crippen LogP contribution in [0.1, 0.15) is 11.1 Å². The number of thioether (sulfide) groups is 1. The summed E-state index contributed by atoms with van der Waals surface area (Å²) >= 11 is 1.19. The van der Waals surface area contributed by atoms with Crippen LogP contribution in [0.2, 0.25) is 0 Å². The third kappa shape index (κ3) is 5.32. The molecule has 0 spiro atoms. The van der Waals surface area contributed by atoms with E-state index in [2.05, 4.69) is 26.0 Å². The molecular formula is C18H19N7OS. The number of amides is 1. The SMILES string of the molecule is Cc1ccc(NC(=O)CSc2nnc(N/N=C/c3ccccc3)n2N)cc1. The van der Waals surface area contributed by atoms with Gasteiger partial charge in [0.2, 0.25) is 11.1 Å². The second-order valence-corrected chi connectivity index (χ2v) is 6.60. The Hall–Kier alpha value is -3.33. The second-order valence-electron chi connectivity index (χ2n) is 5.66. The average Bonchev–Trinajstić information content (AvgIpc) is 3.03. The van der Waals surface area contributed by atoms with Gasteiger partial charge in [-0.25, -0.2) is 10.1 Å². The molecule has 1 aromatic heterocycles. The number of aryl methyl sites for hydroxylation is 1. The molecule has 0 bridgehead atoms. The van der Waals surface area contributed by atoms with Gasteiger partial charge in [-0.2, -0.15) is 5.10 Å². The lowest BCUT2D eigenvalue weighted by atomic mass is 10.2. The van der Waals surface area contributed by atoms with E-state index < -0.39 is 0 Å². The van der Waals surface area contributed by atoms with Gasteiger partial charge in [0.25, 0.3) is 5.95 Å². The molecule has 8 nitrogen and oxygen atoms in total. The molecule has 0 saturated heterocycles. The predicted molar refractivity (Wildman–Crippen MR) is 108 cm³/mol. The summed E-state index contributed by atoms with van der Waals surface area (Å²) in [6, 6.07) is 17.2. The van der Waals surface area contributed by atoms with Crippen molar-refractivity contribution >= 4 is 35.5 Å². The number of nitrogens with zero attached hydrogens (tertiary/aromatic N) is 4. The van der Waals surface area contributed by atoms with E-state index in [1.54, 1.807) is 6.21 Å². The Bertz CT molecular complexity index is 923. The van der Waals surface area contributed by atoms with Crippen LogP contribution in [0, 0.1) is 6.92 Å². The molecule has 0 unspecified atom stereocenters. The third-order valence-electron chi connectivity index (χ3n) is 3.51. The van der Waals surface area contributed by atoms with Crippen LogP contribution in [0.25, 0.3) is 0 Å². The number of benzene rings is 2. The summed E-state index contributed by atoms with van der Waals surface area (Å²) in [5.41, 5.74) is 5.56. The van der Waals surface area contributed by atoms with Gasteiger partial charge in [0, 0.05) is 5.69 Å². The molecule has 1 amide bonds. The second kappa shape index (κ2) is 8.86. The first kappa shape index (κ1) is 18.5. The van der Waals surface area contributed by atoms with Crippen LogP contribution in [-0.2, 0) is 4.79 Å². The minimum Gasteiger partial charge on any atom is -0.334 e. The fraction of sp³-hybridized carbons (Fsp3) is 0.111. The van der Waals surface area contributed by atoms with Crippen LogP contribution >= 0.6 is 11.8 Å². The standard InChI is InChI=1S/C18H19N7OS/c1-13-7-9-15(10-8-13)21-16(26)12-27-18-24-23-17(25(18)19)22-20-11-14-5-3-2-4-6-14/h2-11H,12,19H2,1H3,(H,21,26)(H,22,23)/b20-11+. The van der Waals surface area contributed by atoms with Gasteiger partial charge in [-0.3, -0.25) is 4.79 Å². The molecule has 0 radical (unpaired) electrons. The Labute approximate surface area is 160 Å². The Morgan fingerprint density at radius 1 is 1.19 bits per heavy atom. The van der Waals surface area contributed by atoms with E-state index in [4.69, 9.17) is 5.84 Å². The van der Waals surface area contributed by atoms with E-state index in [1.165, 1.54) is 16.4 Å². The van der Waals surface area contributed by atoms with E-state index in [0.29, 0.717) is 5.16 Å². The number of nitrogens with one attached hydrogen (secondary N) is 2. The molecule has 0 aliphatic rings. The van der Waals surface area contributed by atoms with Crippen LogP contribution in [0.4, 0.5) is 11.6 Å². The van der Waals surface area contributed by atoms with Crippen molar-refractivity contribution in [2.75, 3.05) is 22.3 Å². The van der Waals surface area contributed by atoms with Gasteiger partial charge in [-0.05, 0) is 24.6 Å². The number of nitrogen functional groups attached to an aromatic ring is 1. The molecule has 0 saturated carbocycles. The number of hydrogen-bond donors (Lipinski definition) is 3. The van der Waals surface area contributed by atoms with Crippen molar-refractivity contribution in [1.82, 2.24) is 14.9 Å². The van der Waals surface area contributed by atoms with Crippen molar-refractivity contribution in [3.8, 4) is 0 Å². The summed E-state index contributed by atoms with van der Waals surface area (Å²) in [5, 5.41) is 15.2. The molecule has 27 heavy (non-hydrogen) atoms. The number of hydrogen-bond acceptors (Lipinski definition) is 7. The summed E-state index contributed by atoms with van der Waals surface area (Å²) in [4.78, 5) is 12.0. The van der Waals surface area contributed by atoms with Gasteiger partial charge in [0.15, 0.2) is 0 Å². The number of nitrogens with two attached hydrogens (primary N) is 1. The number of aromatic nitrogens is 3. The summed E-state index contributed by atoms with van der Waals surface area (Å²) in [6.45, 7) is 1.99. The van der Waals surface area contributed by atoms with E-state index in [1.807, 2.05) is 61.5 Å². The zero-order valence-electron chi connectivity index (χ0n) is 14.7. The molecule has 0 aliphatic heterocycles. The molecule has 138 valence electrons. The summed E-state index contributed by atoms with van der Waals surface area (Å²) in [7, 11) is 0. The van der Waals surface area contributed by atoms with Crippen molar-refractivity contribution in [3.63, 3.8) is 0 Å². The lowest BCUT2D eigenvalue weighted by Crippen LogP contribution is -2.16. The van der Waals surface area contributed by atoms with Crippen molar-refractivity contribution in [2.45, 2.75) is 12.1 Å². The predicted octanol–water partition coefficient (Wildman–Crippen LogP) is 2.48. The maximum absolute atomic E-state index is 12.0. The first-order chi connectivity index (χ1) is 13.1. The van der Waals surface area contributed by atoms with Gasteiger partial charge >= 0.3 is 0 Å². The number of anilines is 2. The van der Waals surface area contributed by atoms with Crippen LogP contribution < -0.4 is 16.6 Å². The third-order valence-corrected chi connectivity index (χ3v) is 4.45. The Morgan fingerprint density at radius 2 is 1.93 bits per heavy atom.